The second-order valence-electron chi connectivity index (χ2n) is 8.75. The molecule has 4 rings (SSSR count). The Labute approximate surface area is 216 Å². The van der Waals surface area contributed by atoms with Crippen LogP contribution in [0.2, 0.25) is 5.02 Å². The quantitative estimate of drug-likeness (QED) is 0.373. The van der Waals surface area contributed by atoms with Crippen molar-refractivity contribution >= 4 is 28.9 Å². The van der Waals surface area contributed by atoms with E-state index in [1.165, 1.54) is 6.33 Å². The van der Waals surface area contributed by atoms with Crippen molar-refractivity contribution in [2.45, 2.75) is 31.9 Å². The fourth-order valence-corrected chi connectivity index (χ4v) is 4.33. The molecule has 0 radical (unpaired) electrons. The maximum Gasteiger partial charge on any atom is 0.164 e. The number of aliphatic hydroxyl groups is 1. The van der Waals surface area contributed by atoms with Crippen LogP contribution in [0.3, 0.4) is 0 Å². The number of hydrogen-bond acceptors (Lipinski definition) is 10. The van der Waals surface area contributed by atoms with Gasteiger partial charge < -0.3 is 30.1 Å². The topological polar surface area (TPSA) is 118 Å². The summed E-state index contributed by atoms with van der Waals surface area (Å²) in [6, 6.07) is 5.65. The predicted molar refractivity (Wildman–Crippen MR) is 140 cm³/mol. The minimum atomic E-state index is -0.642. The van der Waals surface area contributed by atoms with Crippen molar-refractivity contribution in [1.29, 1.82) is 0 Å². The van der Waals surface area contributed by atoms with Crippen molar-refractivity contribution in [2.75, 3.05) is 50.7 Å². The highest BCUT2D eigenvalue weighted by Gasteiger charge is 2.24. The molecule has 192 valence electrons. The van der Waals surface area contributed by atoms with Crippen molar-refractivity contribution < 1.29 is 14.6 Å². The molecule has 0 spiro atoms. The first-order valence-corrected chi connectivity index (χ1v) is 12.3. The molecule has 1 aliphatic rings. The first kappa shape index (κ1) is 26.0. The molecule has 3 N–H and O–H groups in total. The number of ether oxygens (including phenoxy) is 2. The molecular formula is C25H32ClN7O3. The zero-order chi connectivity index (χ0) is 25.5. The molecule has 3 heterocycles. The molecule has 0 bridgehead atoms. The molecule has 1 fully saturated rings. The van der Waals surface area contributed by atoms with Crippen LogP contribution >= 0.6 is 11.6 Å². The third-order valence-corrected chi connectivity index (χ3v) is 6.25. The van der Waals surface area contributed by atoms with Crippen molar-refractivity contribution in [3.63, 3.8) is 0 Å². The van der Waals surface area contributed by atoms with Gasteiger partial charge in [0.05, 0.1) is 18.1 Å². The Hall–Kier alpha value is -3.05. The Morgan fingerprint density at radius 2 is 1.94 bits per heavy atom. The summed E-state index contributed by atoms with van der Waals surface area (Å²) in [6.45, 7) is 4.01. The fourth-order valence-electron chi connectivity index (χ4n) is 4.11. The number of nitrogens with one attached hydrogen (secondary N) is 2. The lowest BCUT2D eigenvalue weighted by Gasteiger charge is -2.33. The van der Waals surface area contributed by atoms with Gasteiger partial charge in [0.1, 0.15) is 36.4 Å². The van der Waals surface area contributed by atoms with E-state index >= 15 is 0 Å². The third-order valence-electron chi connectivity index (χ3n) is 6.03. The molecule has 11 heteroatoms. The summed E-state index contributed by atoms with van der Waals surface area (Å²) in [5.41, 5.74) is 2.33. The van der Waals surface area contributed by atoms with Crippen LogP contribution in [0, 0.1) is 6.92 Å². The predicted octanol–water partition coefficient (Wildman–Crippen LogP) is 3.21. The average Bonchev–Trinajstić information content (AvgIpc) is 2.89. The van der Waals surface area contributed by atoms with Crippen LogP contribution in [0.15, 0.2) is 36.9 Å². The zero-order valence-corrected chi connectivity index (χ0v) is 21.5. The summed E-state index contributed by atoms with van der Waals surface area (Å²) in [7, 11) is 3.83. The van der Waals surface area contributed by atoms with Crippen LogP contribution in [-0.2, 0) is 4.74 Å². The largest absolute Gasteiger partial charge is 0.491 e. The Kier molecular flexibility index (Phi) is 8.87. The lowest BCUT2D eigenvalue weighted by atomic mass is 10.1. The molecule has 1 atom stereocenters. The first-order valence-electron chi connectivity index (χ1n) is 11.9. The van der Waals surface area contributed by atoms with Crippen LogP contribution in [0.1, 0.15) is 18.4 Å². The number of nitrogens with zero attached hydrogens (tertiary/aromatic N) is 5. The number of aliphatic hydroxyl groups excluding tert-OH is 1. The maximum absolute atomic E-state index is 10.0. The molecule has 36 heavy (non-hydrogen) atoms. The molecule has 1 aliphatic heterocycles. The molecule has 1 aromatic carbocycles. The van der Waals surface area contributed by atoms with Crippen LogP contribution in [0.25, 0.3) is 11.4 Å². The second kappa shape index (κ2) is 12.3. The second-order valence-corrected chi connectivity index (χ2v) is 9.19. The van der Waals surface area contributed by atoms with Gasteiger partial charge in [0.25, 0.3) is 0 Å². The molecule has 2 aromatic heterocycles. The monoisotopic (exact) mass is 513 g/mol. The molecule has 1 unspecified atom stereocenters. The van der Waals surface area contributed by atoms with Crippen molar-refractivity contribution in [2.24, 2.45) is 0 Å². The molecule has 1 saturated heterocycles. The number of rotatable bonds is 10. The highest BCUT2D eigenvalue weighted by atomic mass is 35.5. The van der Waals surface area contributed by atoms with Crippen LogP contribution in [-0.4, -0.2) is 77.6 Å². The van der Waals surface area contributed by atoms with Gasteiger partial charge in [-0.3, -0.25) is 0 Å². The van der Waals surface area contributed by atoms with Crippen molar-refractivity contribution in [3.8, 4) is 17.1 Å². The maximum atomic E-state index is 10.0. The van der Waals surface area contributed by atoms with E-state index < -0.39 is 6.10 Å². The van der Waals surface area contributed by atoms with E-state index in [0.29, 0.717) is 40.6 Å². The molecule has 10 nitrogen and oxygen atoms in total. The van der Waals surface area contributed by atoms with E-state index in [4.69, 9.17) is 31.0 Å². The summed E-state index contributed by atoms with van der Waals surface area (Å²) < 4.78 is 11.4. The summed E-state index contributed by atoms with van der Waals surface area (Å²) in [6.07, 6.45) is 6.07. The lowest BCUT2D eigenvalue weighted by Crippen LogP contribution is -2.37. The van der Waals surface area contributed by atoms with E-state index in [9.17, 15) is 5.11 Å². The van der Waals surface area contributed by atoms with Crippen LogP contribution in [0.5, 0.6) is 5.75 Å². The average molecular weight is 514 g/mol. The van der Waals surface area contributed by atoms with Gasteiger partial charge in [0.2, 0.25) is 0 Å². The third kappa shape index (κ3) is 6.58. The van der Waals surface area contributed by atoms with Gasteiger partial charge in [0, 0.05) is 49.0 Å². The van der Waals surface area contributed by atoms with Gasteiger partial charge in [-0.2, -0.15) is 0 Å². The minimum absolute atomic E-state index is 0.133. The number of hydrogen-bond donors (Lipinski definition) is 3. The first-order chi connectivity index (χ1) is 17.4. The Bertz CT molecular complexity index is 1150. The van der Waals surface area contributed by atoms with E-state index in [-0.39, 0.29) is 6.61 Å². The van der Waals surface area contributed by atoms with Gasteiger partial charge >= 0.3 is 0 Å². The van der Waals surface area contributed by atoms with Gasteiger partial charge in [-0.05, 0) is 45.0 Å². The number of likely N-dealkylation sites (N-methyl/N-ethyl adjacent to an activating group) is 1. The summed E-state index contributed by atoms with van der Waals surface area (Å²) in [5.74, 6) is 2.49. The standard InChI is InChI=1S/C25H32ClN7O3/c1-16-23(30-19-11-28-15-29-12-19)31-24(32-25(16)33(3)20-4-6-35-7-5-20)17-8-18(26)10-22(9-17)36-14-21(34)13-27-2/h8-12,15,20-21,27,34H,4-7,13-14H2,1-3H3,(H,30,31,32). The molecule has 0 aliphatic carbocycles. The zero-order valence-electron chi connectivity index (χ0n) is 20.7. The molecule has 3 aromatic rings. The molecule has 0 amide bonds. The fraction of sp³-hybridized carbons (Fsp3) is 0.440. The minimum Gasteiger partial charge on any atom is -0.491 e. The normalized spacial score (nSPS) is 14.9. The number of benzene rings is 1. The van der Waals surface area contributed by atoms with Crippen LogP contribution < -0.4 is 20.3 Å². The Balaban J connectivity index is 1.71. The lowest BCUT2D eigenvalue weighted by molar-refractivity contribution is 0.0853. The van der Waals surface area contributed by atoms with E-state index in [1.54, 1.807) is 31.6 Å². The van der Waals surface area contributed by atoms with Gasteiger partial charge in [-0.25, -0.2) is 19.9 Å². The number of anilines is 3. The summed E-state index contributed by atoms with van der Waals surface area (Å²) in [4.78, 5) is 20.2. The van der Waals surface area contributed by atoms with Crippen molar-refractivity contribution in [1.82, 2.24) is 25.3 Å². The van der Waals surface area contributed by atoms with E-state index in [2.05, 4.69) is 32.5 Å². The molecule has 0 saturated carbocycles. The SMILES string of the molecule is CNCC(O)COc1cc(Cl)cc(-c2nc(Nc3cncnc3)c(C)c(N(C)C3CCOCC3)n2)c1. The summed E-state index contributed by atoms with van der Waals surface area (Å²) in [5, 5.41) is 16.8. The van der Waals surface area contributed by atoms with E-state index in [1.807, 2.05) is 13.0 Å². The molecular weight excluding hydrogens is 482 g/mol. The van der Waals surface area contributed by atoms with E-state index in [0.717, 1.165) is 43.1 Å². The Morgan fingerprint density at radius 3 is 2.67 bits per heavy atom. The number of halogens is 1. The summed E-state index contributed by atoms with van der Waals surface area (Å²) >= 11 is 6.43. The van der Waals surface area contributed by atoms with Crippen LogP contribution in [0.4, 0.5) is 17.3 Å². The smallest absolute Gasteiger partial charge is 0.164 e. The van der Waals surface area contributed by atoms with Gasteiger partial charge in [0.15, 0.2) is 5.82 Å². The van der Waals surface area contributed by atoms with Gasteiger partial charge in [-0.15, -0.1) is 0 Å². The Morgan fingerprint density at radius 1 is 1.19 bits per heavy atom. The van der Waals surface area contributed by atoms with Crippen molar-refractivity contribution in [3.05, 3.63) is 47.5 Å². The highest BCUT2D eigenvalue weighted by molar-refractivity contribution is 6.31. The highest BCUT2D eigenvalue weighted by Crippen LogP contribution is 2.33. The van der Waals surface area contributed by atoms with Gasteiger partial charge in [-0.1, -0.05) is 11.6 Å². The number of aromatic nitrogens is 4.